The number of likely N-dealkylation sites (tertiary alicyclic amines) is 2. The highest BCUT2D eigenvalue weighted by Gasteiger charge is 2.55. The third-order valence-corrected chi connectivity index (χ3v) is 6.65. The number of rotatable bonds is 5. The maximum atomic E-state index is 12.1. The van der Waals surface area contributed by atoms with Crippen molar-refractivity contribution in [3.05, 3.63) is 21.9 Å². The molecule has 0 radical (unpaired) electrons. The molecule has 0 unspecified atom stereocenters. The van der Waals surface area contributed by atoms with Crippen LogP contribution in [-0.4, -0.2) is 71.5 Å². The van der Waals surface area contributed by atoms with Gasteiger partial charge in [0.05, 0.1) is 11.5 Å². The van der Waals surface area contributed by atoms with Gasteiger partial charge in [0, 0.05) is 44.5 Å². The van der Waals surface area contributed by atoms with E-state index in [0.29, 0.717) is 0 Å². The number of thiophene rings is 1. The summed E-state index contributed by atoms with van der Waals surface area (Å²) in [6, 6.07) is 2.26. The van der Waals surface area contributed by atoms with E-state index in [1.807, 2.05) is 0 Å². The lowest BCUT2D eigenvalue weighted by Gasteiger charge is -2.45. The Bertz CT molecular complexity index is 650. The third kappa shape index (κ3) is 3.59. The van der Waals surface area contributed by atoms with Crippen molar-refractivity contribution in [1.29, 1.82) is 0 Å². The van der Waals surface area contributed by atoms with Gasteiger partial charge in [-0.1, -0.05) is 0 Å². The van der Waals surface area contributed by atoms with Crippen LogP contribution in [-0.2, 0) is 22.7 Å². The van der Waals surface area contributed by atoms with Crippen LogP contribution in [0.2, 0.25) is 0 Å². The molecular weight excluding hydrogens is 338 g/mol. The van der Waals surface area contributed by atoms with Crippen LogP contribution in [0.5, 0.6) is 0 Å². The Labute approximate surface area is 153 Å². The van der Waals surface area contributed by atoms with Crippen LogP contribution >= 0.6 is 11.3 Å². The molecule has 3 heterocycles. The van der Waals surface area contributed by atoms with Gasteiger partial charge in [-0.2, -0.15) is 0 Å². The number of hydrogen-bond acceptors (Lipinski definition) is 5. The molecule has 2 saturated heterocycles. The first-order valence-corrected chi connectivity index (χ1v) is 9.62. The maximum Gasteiger partial charge on any atom is 0.309 e. The third-order valence-electron chi connectivity index (χ3n) is 5.68. The molecule has 7 heteroatoms. The Hall–Kier alpha value is -1.44. The minimum absolute atomic E-state index is 0.0348. The average molecular weight is 365 g/mol. The van der Waals surface area contributed by atoms with E-state index in [4.69, 9.17) is 0 Å². The summed E-state index contributed by atoms with van der Waals surface area (Å²) < 4.78 is 0. The summed E-state index contributed by atoms with van der Waals surface area (Å²) in [5, 5.41) is 11.8. The Kier molecular flexibility index (Phi) is 5.18. The van der Waals surface area contributed by atoms with Crippen LogP contribution in [0, 0.1) is 5.92 Å². The van der Waals surface area contributed by atoms with Gasteiger partial charge >= 0.3 is 5.97 Å². The lowest BCUT2D eigenvalue weighted by molar-refractivity contribution is -0.146. The van der Waals surface area contributed by atoms with E-state index in [9.17, 15) is 14.7 Å². The zero-order chi connectivity index (χ0) is 18.2. The molecule has 1 spiro atoms. The number of piperidine rings is 1. The number of aliphatic carboxylic acids is 1. The second-order valence-electron chi connectivity index (χ2n) is 7.59. The molecule has 138 valence electrons. The molecule has 25 heavy (non-hydrogen) atoms. The zero-order valence-electron chi connectivity index (χ0n) is 15.2. The highest BCUT2D eigenvalue weighted by atomic mass is 32.1. The minimum Gasteiger partial charge on any atom is -0.481 e. The Balaban J connectivity index is 1.62. The van der Waals surface area contributed by atoms with Crippen molar-refractivity contribution in [3.8, 4) is 0 Å². The summed E-state index contributed by atoms with van der Waals surface area (Å²) in [7, 11) is 5.91. The van der Waals surface area contributed by atoms with Crippen LogP contribution in [0.3, 0.4) is 0 Å². The van der Waals surface area contributed by atoms with Crippen molar-refractivity contribution < 1.29 is 14.7 Å². The molecule has 0 aliphatic carbocycles. The van der Waals surface area contributed by atoms with Crippen LogP contribution in [0.1, 0.15) is 29.7 Å². The molecular formula is C18H27N3O3S. The number of carboxylic acids is 1. The minimum atomic E-state index is -0.835. The normalized spacial score (nSPS) is 23.8. The van der Waals surface area contributed by atoms with Gasteiger partial charge in [0.1, 0.15) is 0 Å². The summed E-state index contributed by atoms with van der Waals surface area (Å²) in [6.45, 7) is 3.53. The number of carbonyl (C=O) groups is 2. The molecule has 0 aromatic carbocycles. The highest BCUT2D eigenvalue weighted by molar-refractivity contribution is 7.10. The Morgan fingerprint density at radius 1 is 1.40 bits per heavy atom. The molecule has 2 fully saturated rings. The number of amides is 1. The molecule has 1 atom stereocenters. The van der Waals surface area contributed by atoms with Crippen molar-refractivity contribution in [3.63, 3.8) is 0 Å². The van der Waals surface area contributed by atoms with Gasteiger partial charge < -0.3 is 14.9 Å². The van der Waals surface area contributed by atoms with E-state index in [1.165, 1.54) is 10.4 Å². The first-order valence-electron chi connectivity index (χ1n) is 8.74. The molecule has 6 nitrogen and oxygen atoms in total. The highest BCUT2D eigenvalue weighted by Crippen LogP contribution is 2.43. The van der Waals surface area contributed by atoms with E-state index >= 15 is 0 Å². The van der Waals surface area contributed by atoms with Gasteiger partial charge in [-0.05, 0) is 43.9 Å². The summed E-state index contributed by atoms with van der Waals surface area (Å²) in [4.78, 5) is 31.3. The molecule has 1 amide bonds. The lowest BCUT2D eigenvalue weighted by atomic mass is 9.77. The van der Waals surface area contributed by atoms with Crippen molar-refractivity contribution >= 4 is 23.2 Å². The predicted octanol–water partition coefficient (Wildman–Crippen LogP) is 1.71. The van der Waals surface area contributed by atoms with Crippen LogP contribution in [0.4, 0.5) is 0 Å². The predicted molar refractivity (Wildman–Crippen MR) is 97.5 cm³/mol. The molecule has 1 N–H and O–H groups in total. The van der Waals surface area contributed by atoms with Crippen molar-refractivity contribution in [2.24, 2.45) is 5.92 Å². The summed E-state index contributed by atoms with van der Waals surface area (Å²) in [6.07, 6.45) is 1.62. The Morgan fingerprint density at radius 2 is 2.08 bits per heavy atom. The fraction of sp³-hybridized carbons (Fsp3) is 0.667. The maximum absolute atomic E-state index is 12.1. The molecule has 2 aliphatic rings. The van der Waals surface area contributed by atoms with Gasteiger partial charge in [0.2, 0.25) is 5.91 Å². The van der Waals surface area contributed by atoms with Crippen LogP contribution in [0.15, 0.2) is 11.4 Å². The smallest absolute Gasteiger partial charge is 0.309 e. The summed E-state index contributed by atoms with van der Waals surface area (Å²) in [5.74, 6) is -1.44. The van der Waals surface area contributed by atoms with Crippen molar-refractivity contribution in [2.45, 2.75) is 37.9 Å². The molecule has 2 aliphatic heterocycles. The van der Waals surface area contributed by atoms with Crippen molar-refractivity contribution in [1.82, 2.24) is 14.7 Å². The van der Waals surface area contributed by atoms with Gasteiger partial charge in [-0.3, -0.25) is 14.5 Å². The van der Waals surface area contributed by atoms with E-state index < -0.39 is 17.4 Å². The quantitative estimate of drug-likeness (QED) is 0.861. The SMILES string of the molecule is CN(C)Cc1csc(CN2CCC3(CC2)[C@@H](C(=O)O)CC(=O)N3C)c1. The second-order valence-corrected chi connectivity index (χ2v) is 8.58. The number of carboxylic acid groups (broad SMARTS) is 1. The van der Waals surface area contributed by atoms with E-state index in [1.54, 1.807) is 23.3 Å². The van der Waals surface area contributed by atoms with Gasteiger partial charge in [0.25, 0.3) is 0 Å². The average Bonchev–Trinajstić information content (AvgIpc) is 3.07. The summed E-state index contributed by atoms with van der Waals surface area (Å²) >= 11 is 1.79. The number of nitrogens with zero attached hydrogens (tertiary/aromatic N) is 3. The fourth-order valence-electron chi connectivity index (χ4n) is 4.26. The largest absolute Gasteiger partial charge is 0.481 e. The molecule has 1 aromatic rings. The van der Waals surface area contributed by atoms with E-state index in [-0.39, 0.29) is 12.3 Å². The van der Waals surface area contributed by atoms with Gasteiger partial charge in [-0.25, -0.2) is 0 Å². The summed E-state index contributed by atoms with van der Waals surface area (Å²) in [5.41, 5.74) is 0.843. The Morgan fingerprint density at radius 3 is 2.68 bits per heavy atom. The van der Waals surface area contributed by atoms with Crippen LogP contribution in [0.25, 0.3) is 0 Å². The standard InChI is InChI=1S/C18H27N3O3S/c1-19(2)10-13-8-14(25-12-13)11-21-6-4-18(5-7-21)15(17(23)24)9-16(22)20(18)3/h8,12,15H,4-7,9-11H2,1-3H3,(H,23,24)/t15-/m1/s1. The van der Waals surface area contributed by atoms with Crippen LogP contribution < -0.4 is 0 Å². The van der Waals surface area contributed by atoms with E-state index in [2.05, 4.69) is 35.3 Å². The van der Waals surface area contributed by atoms with E-state index in [0.717, 1.165) is 39.0 Å². The topological polar surface area (TPSA) is 64.1 Å². The number of hydrogen-bond donors (Lipinski definition) is 1. The zero-order valence-corrected chi connectivity index (χ0v) is 16.0. The molecule has 1 aromatic heterocycles. The molecule has 0 saturated carbocycles. The first-order chi connectivity index (χ1) is 11.8. The molecule has 0 bridgehead atoms. The van der Waals surface area contributed by atoms with Gasteiger partial charge in [-0.15, -0.1) is 11.3 Å². The fourth-order valence-corrected chi connectivity index (χ4v) is 5.18. The lowest BCUT2D eigenvalue weighted by Crippen LogP contribution is -2.55. The van der Waals surface area contributed by atoms with Gasteiger partial charge in [0.15, 0.2) is 0 Å². The first kappa shape index (κ1) is 18.4. The van der Waals surface area contributed by atoms with Crippen molar-refractivity contribution in [2.75, 3.05) is 34.2 Å². The molecule has 3 rings (SSSR count). The second kappa shape index (κ2) is 7.05. The number of carbonyl (C=O) groups excluding carboxylic acids is 1. The monoisotopic (exact) mass is 365 g/mol.